The van der Waals surface area contributed by atoms with Gasteiger partial charge in [-0.15, -0.1) is 6.58 Å². The predicted molar refractivity (Wildman–Crippen MR) is 118 cm³/mol. The molecule has 2 aromatic rings. The first-order valence-corrected chi connectivity index (χ1v) is 11.5. The molecule has 2 N–H and O–H groups in total. The van der Waals surface area contributed by atoms with Crippen LogP contribution in [0.15, 0.2) is 61.2 Å². The zero-order valence-electron chi connectivity index (χ0n) is 17.0. The molecule has 0 spiro atoms. The van der Waals surface area contributed by atoms with Crippen LogP contribution in [-0.2, 0) is 20.5 Å². The highest BCUT2D eigenvalue weighted by Crippen LogP contribution is 2.48. The van der Waals surface area contributed by atoms with E-state index in [2.05, 4.69) is 6.58 Å². The molecule has 30 heavy (non-hydrogen) atoms. The van der Waals surface area contributed by atoms with Crippen LogP contribution in [0.5, 0.6) is 11.5 Å². The Morgan fingerprint density at radius 3 is 2.80 bits per heavy atom. The van der Waals surface area contributed by atoms with Crippen molar-refractivity contribution in [1.82, 2.24) is 0 Å². The molecule has 0 aromatic heterocycles. The maximum Gasteiger partial charge on any atom is 0.213 e. The lowest BCUT2D eigenvalue weighted by Gasteiger charge is -2.29. The van der Waals surface area contributed by atoms with Crippen molar-refractivity contribution in [2.45, 2.75) is 24.7 Å². The van der Waals surface area contributed by atoms with Gasteiger partial charge < -0.3 is 14.2 Å². The second-order valence-corrected chi connectivity index (χ2v) is 8.64. The Balaban J connectivity index is 1.89. The van der Waals surface area contributed by atoms with Crippen LogP contribution in [0.4, 0.5) is 0 Å². The Labute approximate surface area is 178 Å². The van der Waals surface area contributed by atoms with Crippen LogP contribution < -0.4 is 14.6 Å². The van der Waals surface area contributed by atoms with Gasteiger partial charge in [0.2, 0.25) is 10.0 Å². The topological polar surface area (TPSA) is 87.8 Å². The number of methoxy groups -OCH3 is 1. The molecule has 1 atom stereocenters. The van der Waals surface area contributed by atoms with E-state index in [9.17, 15) is 8.42 Å². The van der Waals surface area contributed by atoms with Crippen LogP contribution in [-0.4, -0.2) is 28.7 Å². The van der Waals surface area contributed by atoms with Crippen molar-refractivity contribution < 1.29 is 22.6 Å². The number of primary sulfonamides is 1. The Morgan fingerprint density at radius 2 is 2.07 bits per heavy atom. The highest BCUT2D eigenvalue weighted by atomic mass is 32.2. The van der Waals surface area contributed by atoms with Crippen molar-refractivity contribution >= 4 is 10.0 Å². The summed E-state index contributed by atoms with van der Waals surface area (Å²) < 4.78 is 40.4. The third-order valence-corrected chi connectivity index (χ3v) is 5.51. The molecular weight excluding hydrogens is 402 g/mol. The van der Waals surface area contributed by atoms with E-state index in [4.69, 9.17) is 19.3 Å². The number of hydrogen-bond acceptors (Lipinski definition) is 5. The molecule has 6 nitrogen and oxygen atoms in total. The standard InChI is InChI=1S/C23H27NO5S/c1-3-4-13-28-14-6-5-8-20-19-15-17(16-30(24,25)26)11-12-18(19)23-21(27-2)9-7-10-22(23)29-20/h3,5-7,9-12,15,20H,1,4,8,13-14,16H2,2H3,(H2,24,25,26)/b6-5+. The molecule has 3 rings (SSSR count). The lowest BCUT2D eigenvalue weighted by molar-refractivity contribution is 0.166. The Bertz CT molecular complexity index is 1030. The second-order valence-electron chi connectivity index (χ2n) is 7.03. The maximum absolute atomic E-state index is 11.6. The van der Waals surface area contributed by atoms with Crippen LogP contribution in [0.1, 0.15) is 30.1 Å². The van der Waals surface area contributed by atoms with Crippen molar-refractivity contribution in [2.75, 3.05) is 20.3 Å². The minimum atomic E-state index is -3.63. The molecule has 0 bridgehead atoms. The molecule has 1 aliphatic heterocycles. The highest BCUT2D eigenvalue weighted by molar-refractivity contribution is 7.88. The van der Waals surface area contributed by atoms with Crippen LogP contribution >= 0.6 is 0 Å². The summed E-state index contributed by atoms with van der Waals surface area (Å²) in [6, 6.07) is 11.2. The molecule has 0 fully saturated rings. The van der Waals surface area contributed by atoms with Gasteiger partial charge in [-0.3, -0.25) is 0 Å². The summed E-state index contributed by atoms with van der Waals surface area (Å²) in [7, 11) is -2.01. The molecule has 160 valence electrons. The normalized spacial score (nSPS) is 15.3. The fourth-order valence-corrected chi connectivity index (χ4v) is 4.12. The summed E-state index contributed by atoms with van der Waals surface area (Å²) >= 11 is 0. The van der Waals surface area contributed by atoms with Gasteiger partial charge in [0.15, 0.2) is 0 Å². The fourth-order valence-electron chi connectivity index (χ4n) is 3.47. The first-order valence-electron chi connectivity index (χ1n) is 9.74. The molecular formula is C23H27NO5S. The van der Waals surface area contributed by atoms with Gasteiger partial charge in [-0.2, -0.15) is 0 Å². The largest absolute Gasteiger partial charge is 0.496 e. The molecule has 0 radical (unpaired) electrons. The molecule has 1 aliphatic rings. The van der Waals surface area contributed by atoms with E-state index >= 15 is 0 Å². The third-order valence-electron chi connectivity index (χ3n) is 4.77. The highest BCUT2D eigenvalue weighted by Gasteiger charge is 2.28. The average molecular weight is 430 g/mol. The van der Waals surface area contributed by atoms with Gasteiger partial charge in [0.25, 0.3) is 0 Å². The van der Waals surface area contributed by atoms with Crippen molar-refractivity contribution in [3.8, 4) is 22.6 Å². The maximum atomic E-state index is 11.6. The van der Waals surface area contributed by atoms with E-state index in [1.165, 1.54) is 0 Å². The molecule has 1 unspecified atom stereocenters. The van der Waals surface area contributed by atoms with Crippen LogP contribution in [0.25, 0.3) is 11.1 Å². The summed E-state index contributed by atoms with van der Waals surface area (Å²) in [5.74, 6) is 1.22. The number of ether oxygens (including phenoxy) is 3. The first-order chi connectivity index (χ1) is 14.4. The van der Waals surface area contributed by atoms with E-state index in [0.29, 0.717) is 30.9 Å². The molecule has 7 heteroatoms. The van der Waals surface area contributed by atoms with Gasteiger partial charge in [0.1, 0.15) is 17.6 Å². The van der Waals surface area contributed by atoms with Gasteiger partial charge in [-0.1, -0.05) is 42.5 Å². The molecule has 0 saturated carbocycles. The monoisotopic (exact) mass is 429 g/mol. The van der Waals surface area contributed by atoms with E-state index < -0.39 is 10.0 Å². The summed E-state index contributed by atoms with van der Waals surface area (Å²) in [4.78, 5) is 0. The van der Waals surface area contributed by atoms with Gasteiger partial charge in [0, 0.05) is 12.0 Å². The summed E-state index contributed by atoms with van der Waals surface area (Å²) in [6.45, 7) is 4.82. The SMILES string of the molecule is C=CCCOC/C=C/CC1Oc2cccc(OC)c2-c2ccc(CS(N)(=O)=O)cc21. The van der Waals surface area contributed by atoms with Crippen molar-refractivity contribution in [3.05, 3.63) is 72.3 Å². The van der Waals surface area contributed by atoms with Crippen LogP contribution in [0.2, 0.25) is 0 Å². The van der Waals surface area contributed by atoms with E-state index in [1.54, 1.807) is 13.2 Å². The first kappa shape index (κ1) is 22.1. The number of hydrogen-bond donors (Lipinski definition) is 1. The van der Waals surface area contributed by atoms with E-state index in [-0.39, 0.29) is 11.9 Å². The minimum Gasteiger partial charge on any atom is -0.496 e. The Hall–Kier alpha value is -2.61. The molecule has 0 saturated heterocycles. The van der Waals surface area contributed by atoms with E-state index in [1.807, 2.05) is 48.6 Å². The molecule has 0 aliphatic carbocycles. The Morgan fingerprint density at radius 1 is 1.23 bits per heavy atom. The summed E-state index contributed by atoms with van der Waals surface area (Å²) in [5.41, 5.74) is 3.36. The Kier molecular flexibility index (Phi) is 7.31. The molecule has 2 aromatic carbocycles. The van der Waals surface area contributed by atoms with E-state index in [0.717, 1.165) is 28.9 Å². The lowest BCUT2D eigenvalue weighted by atomic mass is 9.89. The quantitative estimate of drug-likeness (QED) is 0.453. The van der Waals surface area contributed by atoms with Crippen molar-refractivity contribution in [3.63, 3.8) is 0 Å². The van der Waals surface area contributed by atoms with Crippen LogP contribution in [0.3, 0.4) is 0 Å². The van der Waals surface area contributed by atoms with Crippen molar-refractivity contribution in [2.24, 2.45) is 5.14 Å². The zero-order valence-corrected chi connectivity index (χ0v) is 17.9. The fraction of sp³-hybridized carbons (Fsp3) is 0.304. The zero-order chi connectivity index (χ0) is 21.6. The lowest BCUT2D eigenvalue weighted by Crippen LogP contribution is -2.17. The average Bonchev–Trinajstić information content (AvgIpc) is 2.71. The second kappa shape index (κ2) is 9.93. The number of nitrogens with two attached hydrogens (primary N) is 1. The smallest absolute Gasteiger partial charge is 0.213 e. The minimum absolute atomic E-state index is 0.223. The summed E-state index contributed by atoms with van der Waals surface area (Å²) in [5, 5.41) is 5.24. The van der Waals surface area contributed by atoms with Crippen LogP contribution in [0, 0.1) is 0 Å². The molecule has 1 heterocycles. The van der Waals surface area contributed by atoms with Crippen molar-refractivity contribution in [1.29, 1.82) is 0 Å². The van der Waals surface area contributed by atoms with Gasteiger partial charge in [-0.25, -0.2) is 13.6 Å². The van der Waals surface area contributed by atoms with Gasteiger partial charge >= 0.3 is 0 Å². The van der Waals surface area contributed by atoms with Gasteiger partial charge in [0.05, 0.1) is 31.6 Å². The number of benzene rings is 2. The third kappa shape index (κ3) is 5.50. The predicted octanol–water partition coefficient (Wildman–Crippen LogP) is 4.12. The molecule has 0 amide bonds. The number of sulfonamides is 1. The van der Waals surface area contributed by atoms with Gasteiger partial charge in [-0.05, 0) is 29.7 Å². The number of fused-ring (bicyclic) bond motifs is 3. The number of rotatable bonds is 10. The summed E-state index contributed by atoms with van der Waals surface area (Å²) in [6.07, 6.45) is 6.97.